The summed E-state index contributed by atoms with van der Waals surface area (Å²) in [5, 5.41) is 4.65. The molecule has 0 aliphatic carbocycles. The van der Waals surface area contributed by atoms with Crippen molar-refractivity contribution in [2.24, 2.45) is 0 Å². The summed E-state index contributed by atoms with van der Waals surface area (Å²) in [6.45, 7) is 7.00. The van der Waals surface area contributed by atoms with Gasteiger partial charge in [-0.15, -0.1) is 0 Å². The second kappa shape index (κ2) is 8.95. The van der Waals surface area contributed by atoms with Gasteiger partial charge < -0.3 is 9.80 Å². The SMILES string of the molecule is Cc1nn([C@@H]2CCS(=O)(=O)C2)c(C)c1C[NH+](C)CC(=O)N1CCCCCCC1. The van der Waals surface area contributed by atoms with Gasteiger partial charge in [0.05, 0.1) is 35.9 Å². The average molecular weight is 412 g/mol. The van der Waals surface area contributed by atoms with Crippen molar-refractivity contribution in [3.8, 4) is 0 Å². The molecule has 0 radical (unpaired) electrons. The van der Waals surface area contributed by atoms with Crippen LogP contribution in [0, 0.1) is 13.8 Å². The number of hydrogen-bond donors (Lipinski definition) is 1. The monoisotopic (exact) mass is 411 g/mol. The van der Waals surface area contributed by atoms with Crippen LogP contribution < -0.4 is 4.90 Å². The molecule has 0 bridgehead atoms. The number of likely N-dealkylation sites (N-methyl/N-ethyl adjacent to an activating group) is 1. The van der Waals surface area contributed by atoms with Crippen LogP contribution in [0.25, 0.3) is 0 Å². The van der Waals surface area contributed by atoms with Gasteiger partial charge in [-0.05, 0) is 33.1 Å². The second-order valence-corrected chi connectivity index (χ2v) is 10.8. The van der Waals surface area contributed by atoms with Gasteiger partial charge in [-0.25, -0.2) is 8.42 Å². The van der Waals surface area contributed by atoms with Crippen molar-refractivity contribution in [2.75, 3.05) is 38.2 Å². The van der Waals surface area contributed by atoms with Gasteiger partial charge in [0.15, 0.2) is 16.4 Å². The first kappa shape index (κ1) is 21.3. The Morgan fingerprint density at radius 3 is 2.39 bits per heavy atom. The zero-order valence-electron chi connectivity index (χ0n) is 17.5. The Morgan fingerprint density at radius 2 is 1.79 bits per heavy atom. The second-order valence-electron chi connectivity index (χ2n) is 8.61. The van der Waals surface area contributed by atoms with Crippen LogP contribution in [0.4, 0.5) is 0 Å². The number of quaternary nitrogens is 1. The van der Waals surface area contributed by atoms with E-state index in [1.165, 1.54) is 19.3 Å². The Morgan fingerprint density at radius 1 is 1.14 bits per heavy atom. The molecule has 0 saturated carbocycles. The van der Waals surface area contributed by atoms with Gasteiger partial charge in [0.1, 0.15) is 6.54 Å². The van der Waals surface area contributed by atoms with Crippen molar-refractivity contribution >= 4 is 15.7 Å². The van der Waals surface area contributed by atoms with Crippen LogP contribution in [0.5, 0.6) is 0 Å². The van der Waals surface area contributed by atoms with E-state index in [2.05, 4.69) is 12.1 Å². The van der Waals surface area contributed by atoms with Crippen LogP contribution >= 0.6 is 0 Å². The minimum Gasteiger partial charge on any atom is -0.338 e. The fourth-order valence-corrected chi connectivity index (χ4v) is 6.20. The molecule has 2 atom stereocenters. The number of nitrogens with one attached hydrogen (secondary N) is 1. The van der Waals surface area contributed by atoms with Gasteiger partial charge in [-0.1, -0.05) is 19.3 Å². The number of hydrogen-bond acceptors (Lipinski definition) is 4. The molecule has 2 aliphatic rings. The average Bonchev–Trinajstić information content (AvgIpc) is 3.08. The smallest absolute Gasteiger partial charge is 0.277 e. The quantitative estimate of drug-likeness (QED) is 0.773. The third kappa shape index (κ3) is 5.14. The van der Waals surface area contributed by atoms with Gasteiger partial charge in [-0.2, -0.15) is 5.10 Å². The first-order valence-electron chi connectivity index (χ1n) is 10.6. The summed E-state index contributed by atoms with van der Waals surface area (Å²) in [7, 11) is -0.883. The molecule has 0 spiro atoms. The van der Waals surface area contributed by atoms with Gasteiger partial charge >= 0.3 is 0 Å². The van der Waals surface area contributed by atoms with E-state index in [-0.39, 0.29) is 23.5 Å². The van der Waals surface area contributed by atoms with Crippen LogP contribution in [0.2, 0.25) is 0 Å². The van der Waals surface area contributed by atoms with Gasteiger partial charge in [0.2, 0.25) is 0 Å². The van der Waals surface area contributed by atoms with Gasteiger partial charge in [0.25, 0.3) is 5.91 Å². The number of nitrogens with zero attached hydrogens (tertiary/aromatic N) is 3. The highest BCUT2D eigenvalue weighted by atomic mass is 32.2. The highest BCUT2D eigenvalue weighted by molar-refractivity contribution is 7.91. The number of sulfone groups is 1. The molecule has 3 heterocycles. The maximum absolute atomic E-state index is 12.7. The highest BCUT2D eigenvalue weighted by Gasteiger charge is 2.32. The van der Waals surface area contributed by atoms with Crippen molar-refractivity contribution < 1.29 is 18.1 Å². The first-order valence-corrected chi connectivity index (χ1v) is 12.4. The Kier molecular flexibility index (Phi) is 6.81. The number of carbonyl (C=O) groups is 1. The van der Waals surface area contributed by atoms with Crippen LogP contribution in [-0.4, -0.2) is 67.2 Å². The maximum Gasteiger partial charge on any atom is 0.277 e. The number of carbonyl (C=O) groups excluding carboxylic acids is 1. The first-order chi connectivity index (χ1) is 13.3. The Bertz CT molecular complexity index is 795. The summed E-state index contributed by atoms with van der Waals surface area (Å²) in [5.74, 6) is 0.676. The van der Waals surface area contributed by atoms with Crippen LogP contribution in [0.3, 0.4) is 0 Å². The molecule has 2 saturated heterocycles. The fraction of sp³-hybridized carbons (Fsp3) is 0.800. The van der Waals surface area contributed by atoms with E-state index in [1.807, 2.05) is 23.4 Å². The van der Waals surface area contributed by atoms with Crippen LogP contribution in [-0.2, 0) is 21.2 Å². The number of likely N-dealkylation sites (tertiary alicyclic amines) is 1. The minimum absolute atomic E-state index is 0.0552. The normalized spacial score (nSPS) is 24.0. The predicted octanol–water partition coefficient (Wildman–Crippen LogP) is 0.667. The third-order valence-electron chi connectivity index (χ3n) is 6.17. The summed E-state index contributed by atoms with van der Waals surface area (Å²) in [5.41, 5.74) is 3.12. The molecule has 7 nitrogen and oxygen atoms in total. The molecule has 2 fully saturated rings. The number of aromatic nitrogens is 2. The molecule has 28 heavy (non-hydrogen) atoms. The van der Waals surface area contributed by atoms with Crippen molar-refractivity contribution in [1.29, 1.82) is 0 Å². The molecule has 0 aromatic carbocycles. The molecule has 158 valence electrons. The Labute approximate surface area is 169 Å². The molecule has 1 aromatic heterocycles. The lowest BCUT2D eigenvalue weighted by atomic mass is 10.1. The summed E-state index contributed by atoms with van der Waals surface area (Å²) < 4.78 is 25.6. The molecule has 1 unspecified atom stereocenters. The van der Waals surface area contributed by atoms with E-state index in [1.54, 1.807) is 0 Å². The van der Waals surface area contributed by atoms with Crippen molar-refractivity contribution in [3.05, 3.63) is 17.0 Å². The molecular formula is C20H35N4O3S+. The minimum atomic E-state index is -2.94. The number of amides is 1. The zero-order chi connectivity index (χ0) is 20.3. The van der Waals surface area contributed by atoms with Gasteiger partial charge in [0, 0.05) is 18.8 Å². The number of rotatable bonds is 5. The van der Waals surface area contributed by atoms with E-state index in [9.17, 15) is 13.2 Å². The van der Waals surface area contributed by atoms with Gasteiger partial charge in [-0.3, -0.25) is 9.48 Å². The fourth-order valence-electron chi connectivity index (χ4n) is 4.51. The van der Waals surface area contributed by atoms with E-state index >= 15 is 0 Å². The summed E-state index contributed by atoms with van der Waals surface area (Å²) in [6.07, 6.45) is 6.60. The molecule has 2 aliphatic heterocycles. The zero-order valence-corrected chi connectivity index (χ0v) is 18.4. The standard InChI is InChI=1S/C20H34N4O3S/c1-16-19(17(2)24(21-16)18-9-12-28(26,27)15-18)13-22(3)14-20(25)23-10-7-5-4-6-8-11-23/h18H,4-15H2,1-3H3/p+1/t18-/m1/s1. The van der Waals surface area contributed by atoms with E-state index in [0.717, 1.165) is 54.3 Å². The van der Waals surface area contributed by atoms with E-state index in [0.29, 0.717) is 13.0 Å². The third-order valence-corrected chi connectivity index (χ3v) is 7.92. The molecular weight excluding hydrogens is 376 g/mol. The largest absolute Gasteiger partial charge is 0.338 e. The Hall–Kier alpha value is -1.41. The lowest BCUT2D eigenvalue weighted by molar-refractivity contribution is -0.885. The molecule has 8 heteroatoms. The topological polar surface area (TPSA) is 76.7 Å². The lowest BCUT2D eigenvalue weighted by Crippen LogP contribution is -3.09. The van der Waals surface area contributed by atoms with Crippen LogP contribution in [0.1, 0.15) is 61.5 Å². The predicted molar refractivity (Wildman–Crippen MR) is 109 cm³/mol. The lowest BCUT2D eigenvalue weighted by Gasteiger charge is -2.26. The number of aryl methyl sites for hydroxylation is 1. The van der Waals surface area contributed by atoms with Crippen molar-refractivity contribution in [1.82, 2.24) is 14.7 Å². The molecule has 3 rings (SSSR count). The highest BCUT2D eigenvalue weighted by Crippen LogP contribution is 2.26. The summed E-state index contributed by atoms with van der Waals surface area (Å²) >= 11 is 0. The van der Waals surface area contributed by atoms with E-state index < -0.39 is 9.84 Å². The summed E-state index contributed by atoms with van der Waals surface area (Å²) in [4.78, 5) is 15.9. The molecule has 1 aromatic rings. The van der Waals surface area contributed by atoms with Crippen molar-refractivity contribution in [3.63, 3.8) is 0 Å². The van der Waals surface area contributed by atoms with E-state index in [4.69, 9.17) is 0 Å². The molecule has 1 N–H and O–H groups in total. The Balaban J connectivity index is 1.62. The summed E-state index contributed by atoms with van der Waals surface area (Å²) in [6, 6.07) is -0.0552. The van der Waals surface area contributed by atoms with Crippen LogP contribution in [0.15, 0.2) is 0 Å². The molecule has 1 amide bonds. The maximum atomic E-state index is 12.7. The van der Waals surface area contributed by atoms with Crippen molar-refractivity contribution in [2.45, 2.75) is 65.0 Å².